The van der Waals surface area contributed by atoms with Gasteiger partial charge < -0.3 is 18.9 Å². The van der Waals surface area contributed by atoms with Gasteiger partial charge in [0.15, 0.2) is 22.7 Å². The van der Waals surface area contributed by atoms with Crippen LogP contribution in [0.3, 0.4) is 0 Å². The van der Waals surface area contributed by atoms with Crippen molar-refractivity contribution in [3.8, 4) is 0 Å². The zero-order valence-corrected chi connectivity index (χ0v) is 15.8. The predicted octanol–water partition coefficient (Wildman–Crippen LogP) is 2.70. The number of nitrogens with zero attached hydrogens (tertiary/aromatic N) is 5. The van der Waals surface area contributed by atoms with Gasteiger partial charge in [0.1, 0.15) is 5.82 Å². The second-order valence-corrected chi connectivity index (χ2v) is 7.20. The highest BCUT2D eigenvalue weighted by atomic mass is 35.5. The lowest BCUT2D eigenvalue weighted by molar-refractivity contribution is -0.0179. The van der Waals surface area contributed by atoms with Gasteiger partial charge in [0.25, 0.3) is 0 Å². The van der Waals surface area contributed by atoms with Gasteiger partial charge in [-0.15, -0.1) is 0 Å². The first-order valence-electron chi connectivity index (χ1n) is 9.09. The van der Waals surface area contributed by atoms with Crippen molar-refractivity contribution in [2.24, 2.45) is 0 Å². The molecule has 2 aliphatic rings. The van der Waals surface area contributed by atoms with Crippen LogP contribution in [0.1, 0.15) is 32.5 Å². The Balaban J connectivity index is 1.89. The van der Waals surface area contributed by atoms with E-state index in [1.165, 1.54) is 0 Å². The SMILES string of the molecule is CCn1c(C2(F)CCOCC2)nc2c(N3CCOC[C@@H]3C)nc(Cl)nc21. The van der Waals surface area contributed by atoms with Crippen LogP contribution in [0.4, 0.5) is 10.2 Å². The molecule has 4 rings (SSSR count). The molecule has 0 radical (unpaired) electrons. The van der Waals surface area contributed by atoms with Crippen LogP contribution in [0.25, 0.3) is 11.2 Å². The summed E-state index contributed by atoms with van der Waals surface area (Å²) >= 11 is 6.21. The molecule has 1 atom stereocenters. The van der Waals surface area contributed by atoms with Crippen LogP contribution in [0.15, 0.2) is 0 Å². The second kappa shape index (κ2) is 6.90. The summed E-state index contributed by atoms with van der Waals surface area (Å²) in [7, 11) is 0. The summed E-state index contributed by atoms with van der Waals surface area (Å²) in [5.74, 6) is 1.05. The molecule has 26 heavy (non-hydrogen) atoms. The van der Waals surface area contributed by atoms with E-state index in [9.17, 15) is 0 Å². The predicted molar refractivity (Wildman–Crippen MR) is 96.5 cm³/mol. The summed E-state index contributed by atoms with van der Waals surface area (Å²) in [6.45, 7) is 7.27. The van der Waals surface area contributed by atoms with Crippen molar-refractivity contribution in [3.05, 3.63) is 11.1 Å². The highest BCUT2D eigenvalue weighted by Crippen LogP contribution is 2.38. The van der Waals surface area contributed by atoms with Crippen LogP contribution < -0.4 is 4.90 Å². The quantitative estimate of drug-likeness (QED) is 0.759. The van der Waals surface area contributed by atoms with E-state index in [0.29, 0.717) is 75.2 Å². The molecule has 0 aliphatic carbocycles. The standard InChI is InChI=1S/C17H23ClFN5O2/c1-3-23-13-12(20-15(23)17(19)4-7-25-8-5-17)14(22-16(18)21-13)24-6-9-26-10-11(24)2/h11H,3-10H2,1-2H3/t11-/m0/s1. The number of hydrogen-bond donors (Lipinski definition) is 0. The van der Waals surface area contributed by atoms with Gasteiger partial charge >= 0.3 is 0 Å². The molecule has 0 N–H and O–H groups in total. The number of hydrogen-bond acceptors (Lipinski definition) is 6. The summed E-state index contributed by atoms with van der Waals surface area (Å²) in [6, 6.07) is 0.135. The molecule has 0 spiro atoms. The third-order valence-electron chi connectivity index (χ3n) is 5.19. The monoisotopic (exact) mass is 383 g/mol. The molecule has 9 heteroatoms. The fourth-order valence-electron chi connectivity index (χ4n) is 3.76. The van der Waals surface area contributed by atoms with Crippen LogP contribution in [0, 0.1) is 0 Å². The Kier molecular flexibility index (Phi) is 4.75. The average Bonchev–Trinajstić information content (AvgIpc) is 3.01. The highest BCUT2D eigenvalue weighted by molar-refractivity contribution is 6.28. The second-order valence-electron chi connectivity index (χ2n) is 6.86. The highest BCUT2D eigenvalue weighted by Gasteiger charge is 2.40. The molecular weight excluding hydrogens is 361 g/mol. The Hall–Kier alpha value is -1.51. The number of anilines is 1. The molecule has 2 aliphatic heterocycles. The lowest BCUT2D eigenvalue weighted by Crippen LogP contribution is -2.44. The van der Waals surface area contributed by atoms with Crippen molar-refractivity contribution in [1.29, 1.82) is 0 Å². The van der Waals surface area contributed by atoms with Crippen molar-refractivity contribution in [2.45, 2.75) is 44.9 Å². The molecule has 142 valence electrons. The van der Waals surface area contributed by atoms with E-state index in [1.807, 2.05) is 11.5 Å². The first-order valence-corrected chi connectivity index (χ1v) is 9.46. The first-order chi connectivity index (χ1) is 12.5. The molecule has 0 amide bonds. The lowest BCUT2D eigenvalue weighted by Gasteiger charge is -2.34. The number of ether oxygens (including phenoxy) is 2. The minimum absolute atomic E-state index is 0.135. The number of morpholine rings is 1. The summed E-state index contributed by atoms with van der Waals surface area (Å²) in [5, 5.41) is 0.146. The third kappa shape index (κ3) is 2.93. The van der Waals surface area contributed by atoms with Gasteiger partial charge in [-0.05, 0) is 25.4 Å². The zero-order valence-electron chi connectivity index (χ0n) is 15.0. The summed E-state index contributed by atoms with van der Waals surface area (Å²) < 4.78 is 28.3. The Morgan fingerprint density at radius 2 is 1.96 bits per heavy atom. The Labute approximate surface area is 156 Å². The van der Waals surface area contributed by atoms with E-state index >= 15 is 4.39 Å². The van der Waals surface area contributed by atoms with Gasteiger partial charge in [0, 0.05) is 25.9 Å². The maximum atomic E-state index is 15.7. The first kappa shape index (κ1) is 17.9. The van der Waals surface area contributed by atoms with Crippen LogP contribution in [0.2, 0.25) is 5.28 Å². The number of aryl methyl sites for hydroxylation is 1. The lowest BCUT2D eigenvalue weighted by atomic mass is 9.95. The number of halogens is 2. The third-order valence-corrected chi connectivity index (χ3v) is 5.36. The number of aromatic nitrogens is 4. The van der Waals surface area contributed by atoms with Gasteiger partial charge in [-0.25, -0.2) is 9.37 Å². The maximum Gasteiger partial charge on any atom is 0.226 e. The Bertz CT molecular complexity index is 808. The molecular formula is C17H23ClFN5O2. The molecule has 0 aromatic carbocycles. The van der Waals surface area contributed by atoms with Gasteiger partial charge in [0.2, 0.25) is 5.28 Å². The molecule has 2 aromatic rings. The van der Waals surface area contributed by atoms with Crippen molar-refractivity contribution in [1.82, 2.24) is 19.5 Å². The Morgan fingerprint density at radius 3 is 2.65 bits per heavy atom. The van der Waals surface area contributed by atoms with E-state index in [0.717, 1.165) is 0 Å². The van der Waals surface area contributed by atoms with E-state index in [-0.39, 0.29) is 11.3 Å². The number of rotatable bonds is 3. The topological polar surface area (TPSA) is 65.3 Å². The van der Waals surface area contributed by atoms with Crippen LogP contribution in [-0.2, 0) is 21.7 Å². The van der Waals surface area contributed by atoms with Gasteiger partial charge in [-0.3, -0.25) is 0 Å². The van der Waals surface area contributed by atoms with E-state index in [4.69, 9.17) is 26.1 Å². The largest absolute Gasteiger partial charge is 0.381 e. The summed E-state index contributed by atoms with van der Waals surface area (Å²) in [4.78, 5) is 15.6. The number of fused-ring (bicyclic) bond motifs is 1. The molecule has 2 fully saturated rings. The molecule has 0 unspecified atom stereocenters. The summed E-state index contributed by atoms with van der Waals surface area (Å²) in [6.07, 6.45) is 0.585. The van der Waals surface area contributed by atoms with Crippen molar-refractivity contribution < 1.29 is 13.9 Å². The normalized spacial score (nSPS) is 23.5. The molecule has 7 nitrogen and oxygen atoms in total. The minimum Gasteiger partial charge on any atom is -0.381 e. The number of alkyl halides is 1. The fourth-order valence-corrected chi connectivity index (χ4v) is 3.92. The van der Waals surface area contributed by atoms with Gasteiger partial charge in [0.05, 0.1) is 32.5 Å². The van der Waals surface area contributed by atoms with E-state index in [2.05, 4.69) is 21.8 Å². The fraction of sp³-hybridized carbons (Fsp3) is 0.706. The molecule has 2 aromatic heterocycles. The van der Waals surface area contributed by atoms with Crippen LogP contribution in [-0.4, -0.2) is 58.5 Å². The van der Waals surface area contributed by atoms with E-state index < -0.39 is 5.67 Å². The molecule has 4 heterocycles. The average molecular weight is 384 g/mol. The zero-order chi connectivity index (χ0) is 18.3. The number of imidazole rings is 1. The van der Waals surface area contributed by atoms with Crippen molar-refractivity contribution in [3.63, 3.8) is 0 Å². The molecule has 0 bridgehead atoms. The smallest absolute Gasteiger partial charge is 0.226 e. The maximum absolute atomic E-state index is 15.7. The molecule has 0 saturated carbocycles. The minimum atomic E-state index is -1.52. The van der Waals surface area contributed by atoms with Gasteiger partial charge in [-0.1, -0.05) is 0 Å². The van der Waals surface area contributed by atoms with Crippen molar-refractivity contribution in [2.75, 3.05) is 37.9 Å². The molecule has 2 saturated heterocycles. The van der Waals surface area contributed by atoms with Gasteiger partial charge in [-0.2, -0.15) is 9.97 Å². The Morgan fingerprint density at radius 1 is 1.19 bits per heavy atom. The summed E-state index contributed by atoms with van der Waals surface area (Å²) in [5.41, 5.74) is -0.335. The van der Waals surface area contributed by atoms with Crippen molar-refractivity contribution >= 4 is 28.6 Å². The van der Waals surface area contributed by atoms with E-state index in [1.54, 1.807) is 0 Å². The van der Waals surface area contributed by atoms with Crippen LogP contribution in [0.5, 0.6) is 0 Å². The van der Waals surface area contributed by atoms with Crippen LogP contribution >= 0.6 is 11.6 Å².